The van der Waals surface area contributed by atoms with Crippen molar-refractivity contribution in [3.8, 4) is 0 Å². The third-order valence-electron chi connectivity index (χ3n) is 3.98. The maximum atomic E-state index is 12.6. The third kappa shape index (κ3) is 2.41. The number of aryl methyl sites for hydroxylation is 1. The molecule has 114 valence electrons. The number of nitro benzene ring substituents is 1. The standard InChI is InChI=1S/C15H14BrN3O3/c1-9-4-6-17-14(9)15(20)18-7-5-10-11(8-18)13(19(21)22)3-2-12(10)16/h2-4,6,17H,5,7-8H2,1H3. The number of hydrogen-bond acceptors (Lipinski definition) is 3. The second-order valence-electron chi connectivity index (χ2n) is 5.29. The van der Waals surface area contributed by atoms with Gasteiger partial charge in [0.1, 0.15) is 5.69 Å². The minimum absolute atomic E-state index is 0.0684. The lowest BCUT2D eigenvalue weighted by molar-refractivity contribution is -0.385. The average Bonchev–Trinajstić information content (AvgIpc) is 2.92. The molecule has 0 fully saturated rings. The zero-order valence-corrected chi connectivity index (χ0v) is 13.5. The van der Waals surface area contributed by atoms with Crippen LogP contribution in [0.25, 0.3) is 0 Å². The van der Waals surface area contributed by atoms with Crippen molar-refractivity contribution >= 4 is 27.5 Å². The van der Waals surface area contributed by atoms with E-state index in [1.165, 1.54) is 6.07 Å². The van der Waals surface area contributed by atoms with Gasteiger partial charge in [-0.25, -0.2) is 0 Å². The minimum Gasteiger partial charge on any atom is -0.357 e. The summed E-state index contributed by atoms with van der Waals surface area (Å²) in [5.41, 5.74) is 3.02. The Bertz CT molecular complexity index is 769. The molecule has 6 nitrogen and oxygen atoms in total. The average molecular weight is 364 g/mol. The Kier molecular flexibility index (Phi) is 3.74. The summed E-state index contributed by atoms with van der Waals surface area (Å²) >= 11 is 3.44. The van der Waals surface area contributed by atoms with Crippen LogP contribution in [-0.2, 0) is 13.0 Å². The van der Waals surface area contributed by atoms with E-state index in [4.69, 9.17) is 0 Å². The summed E-state index contributed by atoms with van der Waals surface area (Å²) in [6, 6.07) is 5.02. The van der Waals surface area contributed by atoms with Crippen LogP contribution in [0.5, 0.6) is 0 Å². The Morgan fingerprint density at radius 3 is 2.77 bits per heavy atom. The summed E-state index contributed by atoms with van der Waals surface area (Å²) in [5.74, 6) is -0.123. The van der Waals surface area contributed by atoms with Crippen LogP contribution >= 0.6 is 15.9 Å². The molecule has 3 rings (SSSR count). The largest absolute Gasteiger partial charge is 0.357 e. The van der Waals surface area contributed by atoms with E-state index in [1.807, 2.05) is 13.0 Å². The van der Waals surface area contributed by atoms with Crippen LogP contribution in [0.15, 0.2) is 28.9 Å². The number of fused-ring (bicyclic) bond motifs is 1. The molecule has 0 saturated heterocycles. The van der Waals surface area contributed by atoms with Crippen molar-refractivity contribution in [3.05, 3.63) is 61.4 Å². The fourth-order valence-corrected chi connectivity index (χ4v) is 3.37. The van der Waals surface area contributed by atoms with Crippen molar-refractivity contribution in [1.29, 1.82) is 0 Å². The number of hydrogen-bond donors (Lipinski definition) is 1. The molecule has 1 aromatic heterocycles. The third-order valence-corrected chi connectivity index (χ3v) is 4.73. The summed E-state index contributed by atoms with van der Waals surface area (Å²) in [6.45, 7) is 2.66. The van der Waals surface area contributed by atoms with Gasteiger partial charge < -0.3 is 9.88 Å². The van der Waals surface area contributed by atoms with Crippen molar-refractivity contribution in [2.45, 2.75) is 19.9 Å². The number of halogens is 1. The normalized spacial score (nSPS) is 13.8. The number of rotatable bonds is 2. The Morgan fingerprint density at radius 2 is 2.14 bits per heavy atom. The lowest BCUT2D eigenvalue weighted by atomic mass is 9.97. The molecular formula is C15H14BrN3O3. The first kappa shape index (κ1) is 14.8. The van der Waals surface area contributed by atoms with Gasteiger partial charge in [-0.3, -0.25) is 14.9 Å². The molecule has 0 atom stereocenters. The second-order valence-corrected chi connectivity index (χ2v) is 6.15. The van der Waals surface area contributed by atoms with Crippen LogP contribution in [0.4, 0.5) is 5.69 Å². The summed E-state index contributed by atoms with van der Waals surface area (Å²) in [7, 11) is 0. The molecule has 0 radical (unpaired) electrons. The van der Waals surface area contributed by atoms with Crippen molar-refractivity contribution in [3.63, 3.8) is 0 Å². The monoisotopic (exact) mass is 363 g/mol. The van der Waals surface area contributed by atoms with Crippen molar-refractivity contribution in [2.75, 3.05) is 6.54 Å². The van der Waals surface area contributed by atoms with Crippen LogP contribution < -0.4 is 0 Å². The molecule has 0 saturated carbocycles. The molecule has 0 unspecified atom stereocenters. The number of aromatic nitrogens is 1. The predicted octanol–water partition coefficient (Wildman–Crippen LogP) is 3.19. The highest BCUT2D eigenvalue weighted by Gasteiger charge is 2.29. The smallest absolute Gasteiger partial charge is 0.274 e. The van der Waals surface area contributed by atoms with Gasteiger partial charge in [0, 0.05) is 23.3 Å². The number of nitrogens with one attached hydrogen (secondary N) is 1. The zero-order chi connectivity index (χ0) is 15.9. The molecule has 1 aliphatic rings. The number of carbonyl (C=O) groups excluding carboxylic acids is 1. The summed E-state index contributed by atoms with van der Waals surface area (Å²) < 4.78 is 0.858. The first-order valence-electron chi connectivity index (χ1n) is 6.87. The highest BCUT2D eigenvalue weighted by Crippen LogP contribution is 2.33. The van der Waals surface area contributed by atoms with Crippen molar-refractivity contribution in [1.82, 2.24) is 9.88 Å². The predicted molar refractivity (Wildman–Crippen MR) is 84.8 cm³/mol. The molecule has 1 aromatic carbocycles. The molecule has 0 aliphatic carbocycles. The summed E-state index contributed by atoms with van der Waals surface area (Å²) in [4.78, 5) is 28.0. The topological polar surface area (TPSA) is 79.2 Å². The van der Waals surface area contributed by atoms with Gasteiger partial charge in [-0.1, -0.05) is 15.9 Å². The number of nitro groups is 1. The molecule has 0 bridgehead atoms. The van der Waals surface area contributed by atoms with Crippen LogP contribution in [-0.4, -0.2) is 27.3 Å². The molecule has 0 spiro atoms. The lowest BCUT2D eigenvalue weighted by Crippen LogP contribution is -2.37. The second kappa shape index (κ2) is 5.57. The van der Waals surface area contributed by atoms with E-state index < -0.39 is 0 Å². The molecule has 7 heteroatoms. The van der Waals surface area contributed by atoms with Crippen molar-refractivity contribution in [2.24, 2.45) is 0 Å². The van der Waals surface area contributed by atoms with Crippen LogP contribution in [0.1, 0.15) is 27.2 Å². The Morgan fingerprint density at radius 1 is 1.36 bits per heavy atom. The summed E-state index contributed by atoms with van der Waals surface area (Å²) in [6.07, 6.45) is 2.32. The fraction of sp³-hybridized carbons (Fsp3) is 0.267. The van der Waals surface area contributed by atoms with Gasteiger partial charge in [0.05, 0.1) is 17.0 Å². The van der Waals surface area contributed by atoms with E-state index in [0.717, 1.165) is 15.6 Å². The van der Waals surface area contributed by atoms with Gasteiger partial charge in [-0.05, 0) is 36.6 Å². The van der Waals surface area contributed by atoms with Gasteiger partial charge in [0.2, 0.25) is 0 Å². The van der Waals surface area contributed by atoms with E-state index in [1.54, 1.807) is 17.2 Å². The highest BCUT2D eigenvalue weighted by atomic mass is 79.9. The molecule has 2 heterocycles. The zero-order valence-electron chi connectivity index (χ0n) is 11.9. The van der Waals surface area contributed by atoms with E-state index in [2.05, 4.69) is 20.9 Å². The van der Waals surface area contributed by atoms with Crippen LogP contribution in [0, 0.1) is 17.0 Å². The quantitative estimate of drug-likeness (QED) is 0.657. The van der Waals surface area contributed by atoms with Gasteiger partial charge in [-0.15, -0.1) is 0 Å². The fourth-order valence-electron chi connectivity index (χ4n) is 2.80. The number of nitrogens with zero attached hydrogens (tertiary/aromatic N) is 2. The molecule has 1 N–H and O–H groups in total. The molecule has 22 heavy (non-hydrogen) atoms. The Labute approximate surface area is 135 Å². The number of benzene rings is 1. The maximum Gasteiger partial charge on any atom is 0.274 e. The molecular weight excluding hydrogens is 350 g/mol. The summed E-state index contributed by atoms with van der Waals surface area (Å²) in [5, 5.41) is 11.2. The van der Waals surface area contributed by atoms with Gasteiger partial charge in [0.15, 0.2) is 0 Å². The van der Waals surface area contributed by atoms with E-state index >= 15 is 0 Å². The van der Waals surface area contributed by atoms with E-state index in [9.17, 15) is 14.9 Å². The number of carbonyl (C=O) groups is 1. The van der Waals surface area contributed by atoms with Crippen molar-refractivity contribution < 1.29 is 9.72 Å². The maximum absolute atomic E-state index is 12.6. The van der Waals surface area contributed by atoms with Crippen LogP contribution in [0.2, 0.25) is 0 Å². The Hall–Kier alpha value is -2.15. The van der Waals surface area contributed by atoms with Crippen LogP contribution in [0.3, 0.4) is 0 Å². The number of amides is 1. The number of H-pyrrole nitrogens is 1. The van der Waals surface area contributed by atoms with Gasteiger partial charge >= 0.3 is 0 Å². The first-order chi connectivity index (χ1) is 10.5. The minimum atomic E-state index is -0.390. The molecule has 1 aliphatic heterocycles. The van der Waals surface area contributed by atoms with E-state index in [-0.39, 0.29) is 23.1 Å². The number of aromatic amines is 1. The van der Waals surface area contributed by atoms with E-state index in [0.29, 0.717) is 24.2 Å². The van der Waals surface area contributed by atoms with Gasteiger partial charge in [0.25, 0.3) is 11.6 Å². The molecule has 2 aromatic rings. The van der Waals surface area contributed by atoms with Gasteiger partial charge in [-0.2, -0.15) is 0 Å². The Balaban J connectivity index is 1.97. The molecule has 1 amide bonds. The SMILES string of the molecule is Cc1cc[nH]c1C(=O)N1CCc2c(Br)ccc([N+](=O)[O-])c2C1. The first-order valence-corrected chi connectivity index (χ1v) is 7.66. The highest BCUT2D eigenvalue weighted by molar-refractivity contribution is 9.10. The lowest BCUT2D eigenvalue weighted by Gasteiger charge is -2.29.